The molecule has 4 rings (SSSR count). The number of allylic oxidation sites excluding steroid dienone is 1. The number of benzene rings is 1. The number of rotatable bonds is 6. The Bertz CT molecular complexity index is 805. The van der Waals surface area contributed by atoms with Gasteiger partial charge in [-0.2, -0.15) is 11.3 Å². The van der Waals surface area contributed by atoms with E-state index in [4.69, 9.17) is 0 Å². The van der Waals surface area contributed by atoms with Crippen molar-refractivity contribution in [1.29, 1.82) is 0 Å². The molecular weight excluding hydrogens is 316 g/mol. The summed E-state index contributed by atoms with van der Waals surface area (Å²) in [5, 5.41) is 4.08. The van der Waals surface area contributed by atoms with Crippen LogP contribution in [0, 0.1) is 0 Å². The lowest BCUT2D eigenvalue weighted by atomic mass is 10.0. The molecule has 0 atom stereocenters. The predicted molar refractivity (Wildman–Crippen MR) is 100 cm³/mol. The van der Waals surface area contributed by atoms with E-state index in [9.17, 15) is 4.79 Å². The maximum atomic E-state index is 12.3. The lowest BCUT2D eigenvalue weighted by Gasteiger charge is -2.19. The van der Waals surface area contributed by atoms with Gasteiger partial charge in [0, 0.05) is 37.7 Å². The van der Waals surface area contributed by atoms with Crippen LogP contribution in [0.25, 0.3) is 0 Å². The topological polar surface area (TPSA) is 32.7 Å². The van der Waals surface area contributed by atoms with Crippen molar-refractivity contribution in [2.24, 2.45) is 4.99 Å². The van der Waals surface area contributed by atoms with E-state index in [1.165, 1.54) is 11.3 Å². The molecule has 3 heterocycles. The molecule has 0 saturated heterocycles. The van der Waals surface area contributed by atoms with Gasteiger partial charge in [-0.3, -0.25) is 9.79 Å². The van der Waals surface area contributed by atoms with Crippen LogP contribution < -0.4 is 4.90 Å². The van der Waals surface area contributed by atoms with E-state index < -0.39 is 0 Å². The molecule has 0 spiro atoms. The summed E-state index contributed by atoms with van der Waals surface area (Å²) in [6.45, 7) is 1.91. The van der Waals surface area contributed by atoms with Crippen LogP contribution in [0.3, 0.4) is 0 Å². The molecule has 3 nitrogen and oxygen atoms in total. The third kappa shape index (κ3) is 3.34. The van der Waals surface area contributed by atoms with Crippen molar-refractivity contribution in [3.8, 4) is 0 Å². The summed E-state index contributed by atoms with van der Waals surface area (Å²) in [4.78, 5) is 19.1. The number of carbonyl (C=O) groups excluding carboxylic acids is 1. The van der Waals surface area contributed by atoms with Gasteiger partial charge in [-0.15, -0.1) is 0 Å². The number of ketones is 1. The molecule has 1 aromatic carbocycles. The molecule has 4 heteroatoms. The van der Waals surface area contributed by atoms with Crippen molar-refractivity contribution in [2.75, 3.05) is 18.0 Å². The smallest absolute Gasteiger partial charge is 0.141 e. The molecule has 0 bridgehead atoms. The van der Waals surface area contributed by atoms with Crippen molar-refractivity contribution in [1.82, 2.24) is 0 Å². The zero-order valence-corrected chi connectivity index (χ0v) is 14.4. The number of thiophene rings is 1. The van der Waals surface area contributed by atoms with Crippen molar-refractivity contribution < 1.29 is 4.79 Å². The average Bonchev–Trinajstić information content (AvgIpc) is 3.31. The van der Waals surface area contributed by atoms with Gasteiger partial charge < -0.3 is 4.90 Å². The summed E-state index contributed by atoms with van der Waals surface area (Å²) in [7, 11) is 0. The predicted octanol–water partition coefficient (Wildman–Crippen LogP) is 3.82. The highest BCUT2D eigenvalue weighted by Crippen LogP contribution is 2.30. The zero-order chi connectivity index (χ0) is 16.4. The zero-order valence-electron chi connectivity index (χ0n) is 13.6. The number of hydrogen-bond donors (Lipinski definition) is 0. The number of anilines is 1. The van der Waals surface area contributed by atoms with Crippen LogP contribution in [0.2, 0.25) is 0 Å². The number of fused-ring (bicyclic) bond motifs is 1. The fourth-order valence-electron chi connectivity index (χ4n) is 3.39. The van der Waals surface area contributed by atoms with Crippen LogP contribution in [0.1, 0.15) is 23.1 Å². The molecule has 0 amide bonds. The Hall–Kier alpha value is -2.20. The van der Waals surface area contributed by atoms with Gasteiger partial charge in [0.2, 0.25) is 0 Å². The van der Waals surface area contributed by atoms with E-state index in [-0.39, 0.29) is 5.78 Å². The Morgan fingerprint density at radius 1 is 1.21 bits per heavy atom. The second-order valence-electron chi connectivity index (χ2n) is 6.40. The van der Waals surface area contributed by atoms with E-state index in [2.05, 4.69) is 39.5 Å². The second-order valence-corrected chi connectivity index (χ2v) is 7.18. The SMILES string of the molecule is O=C(Cc1ccsc1)Cc1ccc2c(c1)N(CC1=CCC=N1)CC2. The molecule has 122 valence electrons. The maximum absolute atomic E-state index is 12.3. The van der Waals surface area contributed by atoms with Crippen molar-refractivity contribution in [2.45, 2.75) is 25.7 Å². The molecule has 0 radical (unpaired) electrons. The molecule has 0 fully saturated rings. The van der Waals surface area contributed by atoms with Gasteiger partial charge in [0.1, 0.15) is 5.78 Å². The fraction of sp³-hybridized carbons (Fsp3) is 0.300. The van der Waals surface area contributed by atoms with Crippen LogP contribution >= 0.6 is 11.3 Å². The van der Waals surface area contributed by atoms with Gasteiger partial charge in [0.25, 0.3) is 0 Å². The van der Waals surface area contributed by atoms with Gasteiger partial charge in [-0.1, -0.05) is 18.2 Å². The van der Waals surface area contributed by atoms with Gasteiger partial charge >= 0.3 is 0 Å². The Balaban J connectivity index is 1.46. The third-order valence-electron chi connectivity index (χ3n) is 4.59. The summed E-state index contributed by atoms with van der Waals surface area (Å²) in [6, 6.07) is 8.53. The van der Waals surface area contributed by atoms with Gasteiger partial charge in [-0.25, -0.2) is 0 Å². The van der Waals surface area contributed by atoms with Crippen LogP contribution in [0.15, 0.2) is 51.8 Å². The summed E-state index contributed by atoms with van der Waals surface area (Å²) in [5.41, 5.74) is 6.05. The van der Waals surface area contributed by atoms with Gasteiger partial charge in [-0.05, 0) is 46.0 Å². The lowest BCUT2D eigenvalue weighted by molar-refractivity contribution is -0.117. The molecular formula is C20H20N2OS. The first-order valence-electron chi connectivity index (χ1n) is 8.39. The molecule has 0 unspecified atom stereocenters. The van der Waals surface area contributed by atoms with Crippen LogP contribution in [0.4, 0.5) is 5.69 Å². The number of carbonyl (C=O) groups is 1. The fourth-order valence-corrected chi connectivity index (χ4v) is 4.06. The molecule has 1 aromatic heterocycles. The van der Waals surface area contributed by atoms with Crippen LogP contribution in [0.5, 0.6) is 0 Å². The first kappa shape index (κ1) is 15.3. The highest BCUT2D eigenvalue weighted by atomic mass is 32.1. The number of Topliss-reactive ketones (excluding diaryl/α,β-unsaturated/α-hetero) is 1. The molecule has 0 saturated carbocycles. The first-order valence-corrected chi connectivity index (χ1v) is 9.33. The minimum atomic E-state index is 0.279. The third-order valence-corrected chi connectivity index (χ3v) is 5.33. The molecule has 2 aliphatic rings. The van der Waals surface area contributed by atoms with E-state index in [0.717, 1.165) is 42.8 Å². The Morgan fingerprint density at radius 2 is 2.12 bits per heavy atom. The molecule has 0 N–H and O–H groups in total. The number of hydrogen-bond acceptors (Lipinski definition) is 4. The van der Waals surface area contributed by atoms with E-state index in [1.54, 1.807) is 11.3 Å². The minimum Gasteiger partial charge on any atom is -0.365 e. The average molecular weight is 336 g/mol. The number of aliphatic imine (C=N–C) groups is 1. The van der Waals surface area contributed by atoms with Crippen LogP contribution in [-0.2, 0) is 24.1 Å². The summed E-state index contributed by atoms with van der Waals surface area (Å²) < 4.78 is 0. The Kier molecular flexibility index (Phi) is 4.30. The van der Waals surface area contributed by atoms with Crippen molar-refractivity contribution in [3.05, 3.63) is 63.5 Å². The van der Waals surface area contributed by atoms with Gasteiger partial charge in [0.05, 0.1) is 12.2 Å². The molecule has 2 aliphatic heterocycles. The van der Waals surface area contributed by atoms with E-state index in [1.807, 2.05) is 17.7 Å². The van der Waals surface area contributed by atoms with Gasteiger partial charge in [0.15, 0.2) is 0 Å². The summed E-state index contributed by atoms with van der Waals surface area (Å²) in [6.07, 6.45) is 7.23. The normalized spacial score (nSPS) is 15.7. The quantitative estimate of drug-likeness (QED) is 0.803. The van der Waals surface area contributed by atoms with Crippen molar-refractivity contribution >= 4 is 29.0 Å². The summed E-state index contributed by atoms with van der Waals surface area (Å²) >= 11 is 1.64. The number of nitrogens with zero attached hydrogens (tertiary/aromatic N) is 2. The first-order chi connectivity index (χ1) is 11.8. The second kappa shape index (κ2) is 6.73. The lowest BCUT2D eigenvalue weighted by Crippen LogP contribution is -2.22. The van der Waals surface area contributed by atoms with E-state index >= 15 is 0 Å². The maximum Gasteiger partial charge on any atom is 0.141 e. The van der Waals surface area contributed by atoms with E-state index in [0.29, 0.717) is 12.8 Å². The largest absolute Gasteiger partial charge is 0.365 e. The summed E-state index contributed by atoms with van der Waals surface area (Å²) in [5.74, 6) is 0.279. The monoisotopic (exact) mass is 336 g/mol. The molecule has 24 heavy (non-hydrogen) atoms. The standard InChI is InChI=1S/C20H20N2OS/c23-19(11-16-6-9-24-14-16)10-15-3-4-17-5-8-22(20(17)12-15)13-18-2-1-7-21-18/h2-4,6-7,9,12,14H,1,5,8,10-11,13H2. The van der Waals surface area contributed by atoms with Crippen LogP contribution in [-0.4, -0.2) is 25.1 Å². The minimum absolute atomic E-state index is 0.279. The Labute approximate surface area is 146 Å². The Morgan fingerprint density at radius 3 is 2.92 bits per heavy atom. The van der Waals surface area contributed by atoms with Crippen molar-refractivity contribution in [3.63, 3.8) is 0 Å². The highest BCUT2D eigenvalue weighted by Gasteiger charge is 2.21. The highest BCUT2D eigenvalue weighted by molar-refractivity contribution is 7.08. The molecule has 2 aromatic rings. The molecule has 0 aliphatic carbocycles.